The van der Waals surface area contributed by atoms with Gasteiger partial charge in [-0.2, -0.15) is 0 Å². The zero-order valence-corrected chi connectivity index (χ0v) is 19.4. The number of amides is 2. The van der Waals surface area contributed by atoms with Crippen LogP contribution in [-0.4, -0.2) is 43.5 Å². The molecule has 0 spiro atoms. The van der Waals surface area contributed by atoms with Crippen molar-refractivity contribution in [3.05, 3.63) is 96.1 Å². The summed E-state index contributed by atoms with van der Waals surface area (Å²) in [6.07, 6.45) is 0.450. The van der Waals surface area contributed by atoms with Crippen LogP contribution < -0.4 is 14.8 Å². The summed E-state index contributed by atoms with van der Waals surface area (Å²) in [7, 11) is 3.15. The lowest BCUT2D eigenvalue weighted by molar-refractivity contribution is -0.125. The molecule has 1 N–H and O–H groups in total. The number of ether oxygens (including phenoxy) is 2. The first-order valence-electron chi connectivity index (χ1n) is 11.1. The van der Waals surface area contributed by atoms with Gasteiger partial charge >= 0.3 is 0 Å². The van der Waals surface area contributed by atoms with Crippen LogP contribution in [0.25, 0.3) is 11.1 Å². The number of nitrogens with zero attached hydrogens (tertiary/aromatic N) is 1. The zero-order valence-electron chi connectivity index (χ0n) is 19.4. The number of carbonyl (C=O) groups is 2. The first-order valence-corrected chi connectivity index (χ1v) is 11.1. The topological polar surface area (TPSA) is 67.9 Å². The second kappa shape index (κ2) is 10.3. The minimum atomic E-state index is -0.589. The van der Waals surface area contributed by atoms with E-state index in [2.05, 4.69) is 11.9 Å². The van der Waals surface area contributed by atoms with Crippen molar-refractivity contribution in [2.75, 3.05) is 20.8 Å². The zero-order chi connectivity index (χ0) is 24.1. The van der Waals surface area contributed by atoms with Gasteiger partial charge in [0.25, 0.3) is 5.91 Å². The van der Waals surface area contributed by atoms with Crippen molar-refractivity contribution >= 4 is 11.8 Å². The van der Waals surface area contributed by atoms with E-state index >= 15 is 0 Å². The second-order valence-corrected chi connectivity index (χ2v) is 8.25. The Morgan fingerprint density at radius 2 is 1.62 bits per heavy atom. The van der Waals surface area contributed by atoms with Crippen LogP contribution >= 0.6 is 0 Å². The molecule has 3 aromatic carbocycles. The molecule has 0 bridgehead atoms. The van der Waals surface area contributed by atoms with E-state index in [0.29, 0.717) is 36.6 Å². The van der Waals surface area contributed by atoms with E-state index in [4.69, 9.17) is 9.47 Å². The van der Waals surface area contributed by atoms with Crippen molar-refractivity contribution in [2.45, 2.75) is 19.0 Å². The third kappa shape index (κ3) is 4.96. The van der Waals surface area contributed by atoms with Crippen LogP contribution in [0.4, 0.5) is 0 Å². The molecule has 6 nitrogen and oxygen atoms in total. The van der Waals surface area contributed by atoms with Crippen molar-refractivity contribution in [3.63, 3.8) is 0 Å². The van der Waals surface area contributed by atoms with E-state index in [1.54, 1.807) is 25.2 Å². The maximum atomic E-state index is 13.3. The highest BCUT2D eigenvalue weighted by Gasteiger charge is 2.36. The lowest BCUT2D eigenvalue weighted by atomic mass is 10.0. The van der Waals surface area contributed by atoms with Gasteiger partial charge in [-0.1, -0.05) is 60.7 Å². The molecule has 174 valence electrons. The first-order chi connectivity index (χ1) is 16.5. The normalized spacial score (nSPS) is 15.2. The second-order valence-electron chi connectivity index (χ2n) is 8.25. The van der Waals surface area contributed by atoms with Gasteiger partial charge in [0.2, 0.25) is 5.91 Å². The lowest BCUT2D eigenvalue weighted by Crippen LogP contribution is -2.45. The summed E-state index contributed by atoms with van der Waals surface area (Å²) in [4.78, 5) is 27.9. The highest BCUT2D eigenvalue weighted by atomic mass is 16.5. The van der Waals surface area contributed by atoms with Gasteiger partial charge in [0.15, 0.2) is 11.5 Å². The maximum Gasteiger partial charge on any atom is 0.254 e. The minimum Gasteiger partial charge on any atom is -0.493 e. The maximum absolute atomic E-state index is 13.3. The molecular formula is C28H28N2O4. The van der Waals surface area contributed by atoms with Crippen LogP contribution in [0.3, 0.4) is 0 Å². The molecule has 3 aromatic rings. The Morgan fingerprint density at radius 1 is 0.941 bits per heavy atom. The third-order valence-electron chi connectivity index (χ3n) is 5.97. The van der Waals surface area contributed by atoms with Gasteiger partial charge in [0, 0.05) is 18.7 Å². The molecule has 1 fully saturated rings. The van der Waals surface area contributed by atoms with E-state index in [1.807, 2.05) is 66.7 Å². The summed E-state index contributed by atoms with van der Waals surface area (Å²) in [5.74, 6) is 0.839. The molecule has 6 heteroatoms. The molecule has 4 rings (SSSR count). The minimum absolute atomic E-state index is 0.176. The highest BCUT2D eigenvalue weighted by Crippen LogP contribution is 2.28. The standard InChI is InChI=1S/C28H28N2O4/c1-19-15-24(27(31)29-17-20-9-14-25(33-2)26(16-20)34-3)30(18-19)28(32)23-12-10-22(11-13-23)21-7-5-4-6-8-21/h4-14,16,24H,1,15,17-18H2,2-3H3,(H,29,31)/t24-/m0/s1. The fraction of sp³-hybridized carbons (Fsp3) is 0.214. The molecule has 0 aliphatic carbocycles. The van der Waals surface area contributed by atoms with Crippen LogP contribution in [0.2, 0.25) is 0 Å². The molecule has 34 heavy (non-hydrogen) atoms. The van der Waals surface area contributed by atoms with Gasteiger partial charge in [0.05, 0.1) is 14.2 Å². The number of hydrogen-bond acceptors (Lipinski definition) is 4. The number of methoxy groups -OCH3 is 2. The summed E-state index contributed by atoms with van der Waals surface area (Å²) in [5.41, 5.74) is 4.40. The number of carbonyl (C=O) groups excluding carboxylic acids is 2. The Morgan fingerprint density at radius 3 is 2.29 bits per heavy atom. The molecular weight excluding hydrogens is 428 g/mol. The van der Waals surface area contributed by atoms with Crippen LogP contribution in [0.5, 0.6) is 11.5 Å². The van der Waals surface area contributed by atoms with Crippen molar-refractivity contribution < 1.29 is 19.1 Å². The van der Waals surface area contributed by atoms with Gasteiger partial charge in [0.1, 0.15) is 6.04 Å². The SMILES string of the molecule is C=C1C[C@@H](C(=O)NCc2ccc(OC)c(OC)c2)N(C(=O)c2ccc(-c3ccccc3)cc2)C1. The lowest BCUT2D eigenvalue weighted by Gasteiger charge is -2.24. The number of likely N-dealkylation sites (tertiary alicyclic amines) is 1. The molecule has 1 aliphatic rings. The quantitative estimate of drug-likeness (QED) is 0.533. The van der Waals surface area contributed by atoms with Gasteiger partial charge < -0.3 is 19.7 Å². The summed E-state index contributed by atoms with van der Waals surface area (Å²) in [6.45, 7) is 4.71. The first kappa shape index (κ1) is 23.1. The molecule has 0 unspecified atom stereocenters. The van der Waals surface area contributed by atoms with Crippen LogP contribution in [0.1, 0.15) is 22.3 Å². The van der Waals surface area contributed by atoms with Crippen molar-refractivity contribution in [2.24, 2.45) is 0 Å². The fourth-order valence-electron chi connectivity index (χ4n) is 4.15. The number of benzene rings is 3. The smallest absolute Gasteiger partial charge is 0.254 e. The highest BCUT2D eigenvalue weighted by molar-refractivity contribution is 5.98. The van der Waals surface area contributed by atoms with Gasteiger partial charge in [-0.15, -0.1) is 0 Å². The van der Waals surface area contributed by atoms with Gasteiger partial charge in [-0.25, -0.2) is 0 Å². The fourth-order valence-corrected chi connectivity index (χ4v) is 4.15. The molecule has 0 radical (unpaired) electrons. The van der Waals surface area contributed by atoms with E-state index in [-0.39, 0.29) is 11.8 Å². The molecule has 1 atom stereocenters. The summed E-state index contributed by atoms with van der Waals surface area (Å²) >= 11 is 0. The Bertz CT molecular complexity index is 1190. The predicted octanol–water partition coefficient (Wildman–Crippen LogP) is 4.46. The Balaban J connectivity index is 1.44. The molecule has 0 saturated carbocycles. The Hall–Kier alpha value is -4.06. The van der Waals surface area contributed by atoms with Crippen molar-refractivity contribution in [1.29, 1.82) is 0 Å². The predicted molar refractivity (Wildman–Crippen MR) is 132 cm³/mol. The van der Waals surface area contributed by atoms with E-state index in [1.165, 1.54) is 0 Å². The van der Waals surface area contributed by atoms with Crippen molar-refractivity contribution in [1.82, 2.24) is 10.2 Å². The molecule has 1 saturated heterocycles. The molecule has 1 aliphatic heterocycles. The van der Waals surface area contributed by atoms with Crippen LogP contribution in [-0.2, 0) is 11.3 Å². The number of nitrogens with one attached hydrogen (secondary N) is 1. The van der Waals surface area contributed by atoms with Gasteiger partial charge in [-0.3, -0.25) is 9.59 Å². The Kier molecular flexibility index (Phi) is 6.97. The van der Waals surface area contributed by atoms with Crippen molar-refractivity contribution in [3.8, 4) is 22.6 Å². The summed E-state index contributed by atoms with van der Waals surface area (Å²) in [6, 6.07) is 22.4. The number of hydrogen-bond donors (Lipinski definition) is 1. The molecule has 0 aromatic heterocycles. The monoisotopic (exact) mass is 456 g/mol. The van der Waals surface area contributed by atoms with Crippen LogP contribution in [0.15, 0.2) is 84.9 Å². The number of rotatable bonds is 7. The van der Waals surface area contributed by atoms with E-state index in [9.17, 15) is 9.59 Å². The average molecular weight is 457 g/mol. The average Bonchev–Trinajstić information content (AvgIpc) is 3.28. The van der Waals surface area contributed by atoms with Gasteiger partial charge in [-0.05, 0) is 47.4 Å². The Labute approximate surface area is 199 Å². The summed E-state index contributed by atoms with van der Waals surface area (Å²) < 4.78 is 10.6. The van der Waals surface area contributed by atoms with E-state index < -0.39 is 6.04 Å². The summed E-state index contributed by atoms with van der Waals surface area (Å²) in [5, 5.41) is 2.95. The molecule has 1 heterocycles. The largest absolute Gasteiger partial charge is 0.493 e. The van der Waals surface area contributed by atoms with E-state index in [0.717, 1.165) is 22.3 Å². The molecule has 2 amide bonds. The van der Waals surface area contributed by atoms with Crippen LogP contribution in [0, 0.1) is 0 Å². The third-order valence-corrected chi connectivity index (χ3v) is 5.97.